The van der Waals surface area contributed by atoms with Gasteiger partial charge < -0.3 is 15.4 Å². The molecule has 0 bridgehead atoms. The van der Waals surface area contributed by atoms with Crippen LogP contribution in [0.15, 0.2) is 0 Å². The lowest BCUT2D eigenvalue weighted by Gasteiger charge is -2.36. The summed E-state index contributed by atoms with van der Waals surface area (Å²) >= 11 is 0. The molecule has 0 spiro atoms. The van der Waals surface area contributed by atoms with Gasteiger partial charge in [-0.1, -0.05) is 12.8 Å². The van der Waals surface area contributed by atoms with Crippen molar-refractivity contribution in [3.05, 3.63) is 0 Å². The minimum atomic E-state index is 0.0964. The van der Waals surface area contributed by atoms with Crippen LogP contribution in [0.5, 0.6) is 0 Å². The van der Waals surface area contributed by atoms with Gasteiger partial charge in [-0.25, -0.2) is 0 Å². The van der Waals surface area contributed by atoms with E-state index >= 15 is 0 Å². The summed E-state index contributed by atoms with van der Waals surface area (Å²) in [7, 11) is 1.78. The molecule has 1 atom stereocenters. The predicted molar refractivity (Wildman–Crippen MR) is 91.4 cm³/mol. The third kappa shape index (κ3) is 4.06. The zero-order valence-corrected chi connectivity index (χ0v) is 14.6. The molecule has 0 unspecified atom stereocenters. The van der Waals surface area contributed by atoms with Gasteiger partial charge in [-0.15, -0.1) is 0 Å². The summed E-state index contributed by atoms with van der Waals surface area (Å²) in [6, 6.07) is 0.688. The number of nitrogens with one attached hydrogen (secondary N) is 2. The summed E-state index contributed by atoms with van der Waals surface area (Å²) in [5.74, 6) is 0.253. The van der Waals surface area contributed by atoms with E-state index in [4.69, 9.17) is 4.74 Å². The molecule has 1 amide bonds. The molecule has 1 saturated carbocycles. The molecule has 2 saturated heterocycles. The Labute approximate surface area is 140 Å². The first-order chi connectivity index (χ1) is 11.2. The van der Waals surface area contributed by atoms with Gasteiger partial charge in [-0.3, -0.25) is 9.69 Å². The molecule has 3 aliphatic rings. The van der Waals surface area contributed by atoms with Crippen LogP contribution in [-0.2, 0) is 9.53 Å². The fourth-order valence-electron chi connectivity index (χ4n) is 4.84. The SMILES string of the molecule is COCC1(CNC(=O)[C@@H]2CCCN2C2CCNCC2)CCCC1. The molecule has 5 nitrogen and oxygen atoms in total. The molecule has 2 heterocycles. The highest BCUT2D eigenvalue weighted by atomic mass is 16.5. The van der Waals surface area contributed by atoms with Gasteiger partial charge in [0.2, 0.25) is 5.91 Å². The molecule has 132 valence electrons. The van der Waals surface area contributed by atoms with Crippen molar-refractivity contribution in [2.24, 2.45) is 5.41 Å². The number of rotatable bonds is 6. The van der Waals surface area contributed by atoms with Gasteiger partial charge in [0.15, 0.2) is 0 Å². The lowest BCUT2D eigenvalue weighted by Crippen LogP contribution is -2.52. The van der Waals surface area contributed by atoms with Crippen LogP contribution in [0.4, 0.5) is 0 Å². The number of piperidine rings is 1. The minimum absolute atomic E-state index is 0.0964. The maximum atomic E-state index is 12.8. The second-order valence-electron chi connectivity index (χ2n) is 7.73. The highest BCUT2D eigenvalue weighted by molar-refractivity contribution is 5.82. The summed E-state index contributed by atoms with van der Waals surface area (Å²) in [6.07, 6.45) is 9.44. The number of nitrogens with zero attached hydrogens (tertiary/aromatic N) is 1. The Morgan fingerprint density at radius 3 is 2.65 bits per heavy atom. The summed E-state index contributed by atoms with van der Waals surface area (Å²) in [6.45, 7) is 4.83. The number of ether oxygens (including phenoxy) is 1. The molecule has 0 radical (unpaired) electrons. The monoisotopic (exact) mass is 323 g/mol. The Morgan fingerprint density at radius 1 is 1.22 bits per heavy atom. The van der Waals surface area contributed by atoms with E-state index in [0.29, 0.717) is 6.04 Å². The molecule has 23 heavy (non-hydrogen) atoms. The Morgan fingerprint density at radius 2 is 1.96 bits per heavy atom. The van der Waals surface area contributed by atoms with Crippen LogP contribution in [0.1, 0.15) is 51.4 Å². The van der Waals surface area contributed by atoms with Crippen molar-refractivity contribution >= 4 is 5.91 Å². The maximum absolute atomic E-state index is 12.8. The van der Waals surface area contributed by atoms with Crippen LogP contribution < -0.4 is 10.6 Å². The van der Waals surface area contributed by atoms with E-state index in [1.54, 1.807) is 7.11 Å². The third-order valence-corrected chi connectivity index (χ3v) is 6.13. The van der Waals surface area contributed by atoms with Crippen molar-refractivity contribution in [1.82, 2.24) is 15.5 Å². The highest BCUT2D eigenvalue weighted by Gasteiger charge is 2.38. The quantitative estimate of drug-likeness (QED) is 0.778. The molecule has 2 aliphatic heterocycles. The van der Waals surface area contributed by atoms with Crippen LogP contribution >= 0.6 is 0 Å². The largest absolute Gasteiger partial charge is 0.384 e. The van der Waals surface area contributed by atoms with E-state index < -0.39 is 0 Å². The molecule has 5 heteroatoms. The topological polar surface area (TPSA) is 53.6 Å². The first kappa shape index (κ1) is 17.2. The Hall–Kier alpha value is -0.650. The van der Waals surface area contributed by atoms with E-state index in [9.17, 15) is 4.79 Å². The number of carbonyl (C=O) groups is 1. The van der Waals surface area contributed by atoms with Gasteiger partial charge in [0.05, 0.1) is 12.6 Å². The normalized spacial score (nSPS) is 29.0. The second-order valence-corrected chi connectivity index (χ2v) is 7.73. The van der Waals surface area contributed by atoms with Gasteiger partial charge in [0.25, 0.3) is 0 Å². The van der Waals surface area contributed by atoms with Crippen LogP contribution in [0.3, 0.4) is 0 Å². The molecule has 2 N–H and O–H groups in total. The summed E-state index contributed by atoms with van der Waals surface area (Å²) in [4.78, 5) is 15.3. The minimum Gasteiger partial charge on any atom is -0.384 e. The lowest BCUT2D eigenvalue weighted by molar-refractivity contribution is -0.127. The molecule has 1 aliphatic carbocycles. The smallest absolute Gasteiger partial charge is 0.237 e. The van der Waals surface area contributed by atoms with Crippen molar-refractivity contribution in [3.8, 4) is 0 Å². The predicted octanol–water partition coefficient (Wildman–Crippen LogP) is 1.53. The van der Waals surface area contributed by atoms with Gasteiger partial charge in [0.1, 0.15) is 0 Å². The van der Waals surface area contributed by atoms with Crippen molar-refractivity contribution in [3.63, 3.8) is 0 Å². The first-order valence-electron chi connectivity index (χ1n) is 9.47. The number of carbonyl (C=O) groups excluding carboxylic acids is 1. The number of hydrogen-bond acceptors (Lipinski definition) is 4. The van der Waals surface area contributed by atoms with Crippen LogP contribution in [0.2, 0.25) is 0 Å². The van der Waals surface area contributed by atoms with Gasteiger partial charge >= 0.3 is 0 Å². The molecule has 0 aromatic heterocycles. The number of amides is 1. The fourth-order valence-corrected chi connectivity index (χ4v) is 4.84. The molecular weight excluding hydrogens is 290 g/mol. The number of methoxy groups -OCH3 is 1. The van der Waals surface area contributed by atoms with E-state index in [1.165, 1.54) is 38.5 Å². The summed E-state index contributed by atoms with van der Waals surface area (Å²) in [5.41, 5.74) is 0.183. The fraction of sp³-hybridized carbons (Fsp3) is 0.944. The van der Waals surface area contributed by atoms with Crippen molar-refractivity contribution in [1.29, 1.82) is 0 Å². The van der Waals surface area contributed by atoms with Crippen LogP contribution in [-0.4, -0.2) is 62.8 Å². The highest BCUT2D eigenvalue weighted by Crippen LogP contribution is 2.37. The van der Waals surface area contributed by atoms with Crippen molar-refractivity contribution in [2.75, 3.05) is 39.9 Å². The number of hydrogen-bond donors (Lipinski definition) is 2. The van der Waals surface area contributed by atoms with Crippen LogP contribution in [0.25, 0.3) is 0 Å². The standard InChI is InChI=1S/C18H33N3O2/c1-23-14-18(8-2-3-9-18)13-20-17(22)16-5-4-12-21(16)15-6-10-19-11-7-15/h15-16,19H,2-14H2,1H3,(H,20,22)/t16-/m0/s1. The zero-order valence-electron chi connectivity index (χ0n) is 14.6. The summed E-state index contributed by atoms with van der Waals surface area (Å²) < 4.78 is 5.43. The van der Waals surface area contributed by atoms with E-state index in [0.717, 1.165) is 45.6 Å². The second kappa shape index (κ2) is 7.95. The summed E-state index contributed by atoms with van der Waals surface area (Å²) in [5, 5.41) is 6.71. The zero-order chi connectivity index (χ0) is 16.1. The van der Waals surface area contributed by atoms with Gasteiger partial charge in [0, 0.05) is 25.1 Å². The number of likely N-dealkylation sites (tertiary alicyclic amines) is 1. The molecule has 0 aromatic rings. The van der Waals surface area contributed by atoms with Crippen LogP contribution in [0, 0.1) is 5.41 Å². The Kier molecular flexibility index (Phi) is 5.94. The van der Waals surface area contributed by atoms with Gasteiger partial charge in [-0.05, 0) is 58.2 Å². The average Bonchev–Trinajstić information content (AvgIpc) is 3.24. The molecule has 0 aromatic carbocycles. The van der Waals surface area contributed by atoms with E-state index in [-0.39, 0.29) is 17.4 Å². The van der Waals surface area contributed by atoms with Crippen molar-refractivity contribution in [2.45, 2.75) is 63.5 Å². The van der Waals surface area contributed by atoms with E-state index in [1.807, 2.05) is 0 Å². The van der Waals surface area contributed by atoms with Crippen molar-refractivity contribution < 1.29 is 9.53 Å². The molecular formula is C18H33N3O2. The van der Waals surface area contributed by atoms with E-state index in [2.05, 4.69) is 15.5 Å². The molecule has 3 rings (SSSR count). The average molecular weight is 323 g/mol. The Bertz CT molecular complexity index is 390. The Balaban J connectivity index is 1.54. The maximum Gasteiger partial charge on any atom is 0.237 e. The third-order valence-electron chi connectivity index (χ3n) is 6.13. The lowest BCUT2D eigenvalue weighted by atomic mass is 9.87. The first-order valence-corrected chi connectivity index (χ1v) is 9.47. The molecule has 3 fully saturated rings. The van der Waals surface area contributed by atoms with Gasteiger partial charge in [-0.2, -0.15) is 0 Å².